The van der Waals surface area contributed by atoms with E-state index in [9.17, 15) is 4.39 Å². The predicted octanol–water partition coefficient (Wildman–Crippen LogP) is 1.44. The van der Waals surface area contributed by atoms with E-state index in [0.717, 1.165) is 13.0 Å². The molecule has 0 spiro atoms. The van der Waals surface area contributed by atoms with Gasteiger partial charge in [0.2, 0.25) is 0 Å². The molecule has 2 rings (SSSR count). The highest BCUT2D eigenvalue weighted by atomic mass is 19.1. The third-order valence-corrected chi connectivity index (χ3v) is 2.75. The number of ether oxygens (including phenoxy) is 2. The van der Waals surface area contributed by atoms with Gasteiger partial charge >= 0.3 is 0 Å². The van der Waals surface area contributed by atoms with Crippen LogP contribution in [0.4, 0.5) is 4.39 Å². The van der Waals surface area contributed by atoms with Gasteiger partial charge in [-0.05, 0) is 18.6 Å². The third-order valence-electron chi connectivity index (χ3n) is 2.75. The minimum atomic E-state index is -0.294. The van der Waals surface area contributed by atoms with Gasteiger partial charge in [-0.3, -0.25) is 0 Å². The molecule has 1 aliphatic heterocycles. The summed E-state index contributed by atoms with van der Waals surface area (Å²) >= 11 is 0. The van der Waals surface area contributed by atoms with Crippen LogP contribution in [0.1, 0.15) is 17.5 Å². The standard InChI is InChI=1S/C14H16FNO2/c15-14-8-11(2-1-6-16)3-4-12(14)9-18-13-5-7-17-10-13/h3-4,8,13H,5-7,9-10,16H2. The van der Waals surface area contributed by atoms with Crippen molar-refractivity contribution in [1.29, 1.82) is 0 Å². The van der Waals surface area contributed by atoms with Crippen LogP contribution < -0.4 is 5.73 Å². The summed E-state index contributed by atoms with van der Waals surface area (Å²) in [6, 6.07) is 4.88. The van der Waals surface area contributed by atoms with E-state index in [-0.39, 0.29) is 25.1 Å². The van der Waals surface area contributed by atoms with Crippen molar-refractivity contribution >= 4 is 0 Å². The van der Waals surface area contributed by atoms with Gasteiger partial charge in [-0.2, -0.15) is 0 Å². The lowest BCUT2D eigenvalue weighted by Gasteiger charge is -2.10. The largest absolute Gasteiger partial charge is 0.379 e. The Kier molecular flexibility index (Phi) is 4.71. The highest BCUT2D eigenvalue weighted by Gasteiger charge is 2.16. The lowest BCUT2D eigenvalue weighted by molar-refractivity contribution is 0.0304. The molecule has 0 aromatic heterocycles. The van der Waals surface area contributed by atoms with Gasteiger partial charge < -0.3 is 15.2 Å². The first-order valence-corrected chi connectivity index (χ1v) is 5.96. The average molecular weight is 249 g/mol. The zero-order valence-electron chi connectivity index (χ0n) is 10.1. The van der Waals surface area contributed by atoms with Crippen molar-refractivity contribution < 1.29 is 13.9 Å². The van der Waals surface area contributed by atoms with Crippen LogP contribution in [0.3, 0.4) is 0 Å². The lowest BCUT2D eigenvalue weighted by atomic mass is 10.1. The summed E-state index contributed by atoms with van der Waals surface area (Å²) in [4.78, 5) is 0. The Hall–Kier alpha value is -1.41. The molecule has 1 fully saturated rings. The van der Waals surface area contributed by atoms with Crippen LogP contribution in [-0.2, 0) is 16.1 Å². The molecule has 1 aromatic carbocycles. The molecule has 4 heteroatoms. The van der Waals surface area contributed by atoms with E-state index in [2.05, 4.69) is 11.8 Å². The first kappa shape index (κ1) is 13.0. The van der Waals surface area contributed by atoms with Crippen molar-refractivity contribution in [1.82, 2.24) is 0 Å². The molecule has 1 aromatic rings. The predicted molar refractivity (Wildman–Crippen MR) is 66.3 cm³/mol. The van der Waals surface area contributed by atoms with E-state index in [0.29, 0.717) is 17.7 Å². The fourth-order valence-electron chi connectivity index (χ4n) is 1.75. The monoisotopic (exact) mass is 249 g/mol. The second kappa shape index (κ2) is 6.50. The number of nitrogens with two attached hydrogens (primary N) is 1. The molecule has 0 aliphatic carbocycles. The highest BCUT2D eigenvalue weighted by Crippen LogP contribution is 2.15. The molecule has 1 saturated heterocycles. The summed E-state index contributed by atoms with van der Waals surface area (Å²) in [5.74, 6) is 5.19. The summed E-state index contributed by atoms with van der Waals surface area (Å²) in [5.41, 5.74) is 6.43. The molecule has 3 nitrogen and oxygen atoms in total. The maximum atomic E-state index is 13.7. The van der Waals surface area contributed by atoms with Crippen molar-refractivity contribution in [2.24, 2.45) is 5.73 Å². The van der Waals surface area contributed by atoms with E-state index in [1.165, 1.54) is 6.07 Å². The van der Waals surface area contributed by atoms with Crippen LogP contribution in [0, 0.1) is 17.7 Å². The normalized spacial score (nSPS) is 18.4. The maximum absolute atomic E-state index is 13.7. The Morgan fingerprint density at radius 2 is 2.39 bits per heavy atom. The molecule has 2 N–H and O–H groups in total. The summed E-state index contributed by atoms with van der Waals surface area (Å²) in [7, 11) is 0. The molecule has 1 atom stereocenters. The molecule has 0 bridgehead atoms. The molecule has 0 saturated carbocycles. The minimum Gasteiger partial charge on any atom is -0.379 e. The van der Waals surface area contributed by atoms with Gasteiger partial charge in [0, 0.05) is 17.7 Å². The number of benzene rings is 1. The Bertz CT molecular complexity index is 459. The summed E-state index contributed by atoms with van der Waals surface area (Å²) < 4.78 is 24.5. The molecule has 96 valence electrons. The van der Waals surface area contributed by atoms with Gasteiger partial charge in [0.05, 0.1) is 25.9 Å². The molecule has 18 heavy (non-hydrogen) atoms. The average Bonchev–Trinajstić information content (AvgIpc) is 2.88. The first-order chi connectivity index (χ1) is 8.79. The Labute approximate surface area is 106 Å². The van der Waals surface area contributed by atoms with Crippen LogP contribution in [0.5, 0.6) is 0 Å². The number of halogens is 1. The van der Waals surface area contributed by atoms with Gasteiger partial charge in [0.25, 0.3) is 0 Å². The van der Waals surface area contributed by atoms with E-state index in [4.69, 9.17) is 15.2 Å². The second-order valence-corrected chi connectivity index (χ2v) is 4.11. The Balaban J connectivity index is 1.96. The Morgan fingerprint density at radius 3 is 3.06 bits per heavy atom. The molecule has 1 unspecified atom stereocenters. The molecular weight excluding hydrogens is 233 g/mol. The topological polar surface area (TPSA) is 44.5 Å². The van der Waals surface area contributed by atoms with Gasteiger partial charge in [0.1, 0.15) is 5.82 Å². The molecule has 1 heterocycles. The smallest absolute Gasteiger partial charge is 0.129 e. The van der Waals surface area contributed by atoms with Crippen molar-refractivity contribution in [2.75, 3.05) is 19.8 Å². The van der Waals surface area contributed by atoms with Gasteiger partial charge in [0.15, 0.2) is 0 Å². The summed E-state index contributed by atoms with van der Waals surface area (Å²) in [6.07, 6.45) is 0.961. The van der Waals surface area contributed by atoms with E-state index < -0.39 is 0 Å². The van der Waals surface area contributed by atoms with E-state index in [1.807, 2.05) is 0 Å². The second-order valence-electron chi connectivity index (χ2n) is 4.11. The molecule has 0 amide bonds. The quantitative estimate of drug-likeness (QED) is 0.824. The molecule has 0 radical (unpaired) electrons. The van der Waals surface area contributed by atoms with Crippen molar-refractivity contribution in [3.05, 3.63) is 35.1 Å². The van der Waals surface area contributed by atoms with Crippen LogP contribution in [0.25, 0.3) is 0 Å². The van der Waals surface area contributed by atoms with Crippen LogP contribution in [0.2, 0.25) is 0 Å². The molecular formula is C14H16FNO2. The van der Waals surface area contributed by atoms with Crippen molar-refractivity contribution in [2.45, 2.75) is 19.1 Å². The fourth-order valence-corrected chi connectivity index (χ4v) is 1.75. The number of rotatable bonds is 3. The zero-order chi connectivity index (χ0) is 12.8. The SMILES string of the molecule is NCC#Cc1ccc(COC2CCOC2)c(F)c1. The number of hydrogen-bond donors (Lipinski definition) is 1. The first-order valence-electron chi connectivity index (χ1n) is 5.96. The van der Waals surface area contributed by atoms with Crippen LogP contribution >= 0.6 is 0 Å². The van der Waals surface area contributed by atoms with Crippen molar-refractivity contribution in [3.63, 3.8) is 0 Å². The van der Waals surface area contributed by atoms with Crippen LogP contribution in [0.15, 0.2) is 18.2 Å². The Morgan fingerprint density at radius 1 is 1.50 bits per heavy atom. The number of hydrogen-bond acceptors (Lipinski definition) is 3. The van der Waals surface area contributed by atoms with Gasteiger partial charge in [-0.1, -0.05) is 17.9 Å². The van der Waals surface area contributed by atoms with Gasteiger partial charge in [-0.25, -0.2) is 4.39 Å². The summed E-state index contributed by atoms with van der Waals surface area (Å²) in [5, 5.41) is 0. The zero-order valence-corrected chi connectivity index (χ0v) is 10.1. The summed E-state index contributed by atoms with van der Waals surface area (Å²) in [6.45, 7) is 1.86. The van der Waals surface area contributed by atoms with Crippen LogP contribution in [-0.4, -0.2) is 25.9 Å². The molecule has 1 aliphatic rings. The highest BCUT2D eigenvalue weighted by molar-refractivity contribution is 5.37. The lowest BCUT2D eigenvalue weighted by Crippen LogP contribution is -2.12. The van der Waals surface area contributed by atoms with Gasteiger partial charge in [-0.15, -0.1) is 0 Å². The fraction of sp³-hybridized carbons (Fsp3) is 0.429. The van der Waals surface area contributed by atoms with E-state index >= 15 is 0 Å². The van der Waals surface area contributed by atoms with Crippen molar-refractivity contribution in [3.8, 4) is 11.8 Å². The minimum absolute atomic E-state index is 0.0844. The third kappa shape index (κ3) is 3.54. The van der Waals surface area contributed by atoms with E-state index in [1.54, 1.807) is 12.1 Å². The maximum Gasteiger partial charge on any atom is 0.129 e.